The summed E-state index contributed by atoms with van der Waals surface area (Å²) in [5.41, 5.74) is 6.51. The van der Waals surface area contributed by atoms with Gasteiger partial charge in [-0.15, -0.1) is 0 Å². The zero-order chi connectivity index (χ0) is 15.2. The lowest BCUT2D eigenvalue weighted by Crippen LogP contribution is -2.49. The van der Waals surface area contributed by atoms with Crippen LogP contribution in [0.5, 0.6) is 0 Å². The molecule has 1 saturated heterocycles. The van der Waals surface area contributed by atoms with Gasteiger partial charge in [0.25, 0.3) is 0 Å². The van der Waals surface area contributed by atoms with E-state index in [0.717, 1.165) is 18.7 Å². The van der Waals surface area contributed by atoms with E-state index < -0.39 is 5.91 Å². The molecule has 0 radical (unpaired) electrons. The van der Waals surface area contributed by atoms with Crippen molar-refractivity contribution in [2.75, 3.05) is 39.3 Å². The molecule has 1 aliphatic heterocycles. The lowest BCUT2D eigenvalue weighted by Gasteiger charge is -2.34. The number of hydrogen-bond acceptors (Lipinski definition) is 4. The number of benzene rings is 1. The Morgan fingerprint density at radius 1 is 1.10 bits per heavy atom. The summed E-state index contributed by atoms with van der Waals surface area (Å²) in [4.78, 5) is 27.2. The number of amides is 2. The Kier molecular flexibility index (Phi) is 5.30. The highest BCUT2D eigenvalue weighted by atomic mass is 16.3. The maximum Gasteiger partial charge on any atom is 0.248 e. The summed E-state index contributed by atoms with van der Waals surface area (Å²) in [7, 11) is 0. The van der Waals surface area contributed by atoms with Crippen molar-refractivity contribution in [2.24, 2.45) is 5.73 Å². The molecule has 0 bridgehead atoms. The first-order chi connectivity index (χ1) is 10.1. The Morgan fingerprint density at radius 3 is 2.24 bits per heavy atom. The molecule has 21 heavy (non-hydrogen) atoms. The van der Waals surface area contributed by atoms with Gasteiger partial charge in [-0.1, -0.05) is 12.1 Å². The first kappa shape index (κ1) is 15.5. The first-order valence-electron chi connectivity index (χ1n) is 7.10. The van der Waals surface area contributed by atoms with Crippen molar-refractivity contribution in [1.29, 1.82) is 0 Å². The van der Waals surface area contributed by atoms with Crippen LogP contribution in [-0.4, -0.2) is 66.1 Å². The smallest absolute Gasteiger partial charge is 0.248 e. The van der Waals surface area contributed by atoms with E-state index in [-0.39, 0.29) is 12.5 Å². The quantitative estimate of drug-likeness (QED) is 0.763. The van der Waals surface area contributed by atoms with Crippen molar-refractivity contribution >= 4 is 11.8 Å². The fourth-order valence-corrected chi connectivity index (χ4v) is 2.44. The summed E-state index contributed by atoms with van der Waals surface area (Å²) in [6, 6.07) is 6.81. The minimum atomic E-state index is -0.465. The third-order valence-corrected chi connectivity index (χ3v) is 3.74. The van der Waals surface area contributed by atoms with Crippen LogP contribution in [0.15, 0.2) is 24.3 Å². The van der Waals surface area contributed by atoms with Gasteiger partial charge >= 0.3 is 0 Å². The third kappa shape index (κ3) is 4.27. The van der Waals surface area contributed by atoms with Crippen LogP contribution in [0, 0.1) is 0 Å². The molecule has 6 heteroatoms. The lowest BCUT2D eigenvalue weighted by molar-refractivity contribution is -0.132. The molecule has 0 atom stereocenters. The normalized spacial score (nSPS) is 16.0. The van der Waals surface area contributed by atoms with Crippen molar-refractivity contribution < 1.29 is 14.7 Å². The van der Waals surface area contributed by atoms with Gasteiger partial charge in [0.05, 0.1) is 13.0 Å². The predicted octanol–water partition coefficient (Wildman–Crippen LogP) is -0.535. The second-order valence-electron chi connectivity index (χ2n) is 5.18. The molecular weight excluding hydrogens is 270 g/mol. The summed E-state index contributed by atoms with van der Waals surface area (Å²) < 4.78 is 0. The van der Waals surface area contributed by atoms with E-state index in [2.05, 4.69) is 4.90 Å². The molecule has 0 saturated carbocycles. The van der Waals surface area contributed by atoms with Crippen molar-refractivity contribution in [3.05, 3.63) is 35.4 Å². The largest absolute Gasteiger partial charge is 0.395 e. The van der Waals surface area contributed by atoms with E-state index >= 15 is 0 Å². The molecule has 2 amide bonds. The van der Waals surface area contributed by atoms with Gasteiger partial charge in [0.2, 0.25) is 11.8 Å². The summed E-state index contributed by atoms with van der Waals surface area (Å²) >= 11 is 0. The number of rotatable bonds is 5. The van der Waals surface area contributed by atoms with Crippen molar-refractivity contribution in [3.8, 4) is 0 Å². The van der Waals surface area contributed by atoms with Gasteiger partial charge in [0.15, 0.2) is 0 Å². The molecule has 0 aromatic heterocycles. The zero-order valence-corrected chi connectivity index (χ0v) is 12.0. The number of hydrogen-bond donors (Lipinski definition) is 2. The molecule has 114 valence electrons. The maximum absolute atomic E-state index is 12.2. The van der Waals surface area contributed by atoms with E-state index in [1.54, 1.807) is 24.3 Å². The first-order valence-corrected chi connectivity index (χ1v) is 7.10. The van der Waals surface area contributed by atoms with Crippen LogP contribution >= 0.6 is 0 Å². The number of piperazine rings is 1. The number of nitrogens with zero attached hydrogens (tertiary/aromatic N) is 2. The van der Waals surface area contributed by atoms with Gasteiger partial charge in [0.1, 0.15) is 0 Å². The topological polar surface area (TPSA) is 86.9 Å². The molecule has 2 rings (SSSR count). The Hall–Kier alpha value is -1.92. The highest BCUT2D eigenvalue weighted by Gasteiger charge is 2.20. The van der Waals surface area contributed by atoms with E-state index in [1.165, 1.54) is 0 Å². The molecular formula is C15H21N3O3. The van der Waals surface area contributed by atoms with E-state index in [9.17, 15) is 9.59 Å². The van der Waals surface area contributed by atoms with Gasteiger partial charge in [-0.05, 0) is 17.7 Å². The van der Waals surface area contributed by atoms with Crippen molar-refractivity contribution in [3.63, 3.8) is 0 Å². The predicted molar refractivity (Wildman–Crippen MR) is 78.8 cm³/mol. The van der Waals surface area contributed by atoms with Crippen LogP contribution in [-0.2, 0) is 11.2 Å². The van der Waals surface area contributed by atoms with Crippen LogP contribution in [0.1, 0.15) is 15.9 Å². The zero-order valence-electron chi connectivity index (χ0n) is 12.0. The monoisotopic (exact) mass is 291 g/mol. The minimum absolute atomic E-state index is 0.0884. The van der Waals surface area contributed by atoms with Gasteiger partial charge in [-0.25, -0.2) is 0 Å². The van der Waals surface area contributed by atoms with Crippen LogP contribution in [0.4, 0.5) is 0 Å². The van der Waals surface area contributed by atoms with Crippen LogP contribution in [0.2, 0.25) is 0 Å². The Labute approximate surface area is 124 Å². The van der Waals surface area contributed by atoms with Crippen LogP contribution in [0.3, 0.4) is 0 Å². The highest BCUT2D eigenvalue weighted by Crippen LogP contribution is 2.08. The molecule has 0 spiro atoms. The number of aliphatic hydroxyl groups excluding tert-OH is 1. The molecule has 6 nitrogen and oxygen atoms in total. The van der Waals surface area contributed by atoms with Crippen LogP contribution < -0.4 is 5.73 Å². The standard InChI is InChI=1S/C15H21N3O3/c16-15(21)13-3-1-12(2-4-13)11-14(20)18-7-5-17(6-8-18)9-10-19/h1-4,19H,5-11H2,(H2,16,21). The van der Waals surface area contributed by atoms with E-state index in [1.807, 2.05) is 4.90 Å². The average Bonchev–Trinajstić information content (AvgIpc) is 2.49. The number of primary amides is 1. The number of aliphatic hydroxyl groups is 1. The van der Waals surface area contributed by atoms with Gasteiger partial charge in [-0.3, -0.25) is 14.5 Å². The molecule has 1 aromatic rings. The number of carbonyl (C=O) groups is 2. The molecule has 0 aliphatic carbocycles. The Bertz CT molecular complexity index is 493. The second kappa shape index (κ2) is 7.19. The van der Waals surface area contributed by atoms with Gasteiger partial charge in [0, 0.05) is 38.3 Å². The third-order valence-electron chi connectivity index (χ3n) is 3.74. The van der Waals surface area contributed by atoms with Crippen molar-refractivity contribution in [2.45, 2.75) is 6.42 Å². The second-order valence-corrected chi connectivity index (χ2v) is 5.18. The minimum Gasteiger partial charge on any atom is -0.395 e. The fraction of sp³-hybridized carbons (Fsp3) is 0.467. The lowest BCUT2D eigenvalue weighted by atomic mass is 10.1. The average molecular weight is 291 g/mol. The van der Waals surface area contributed by atoms with E-state index in [4.69, 9.17) is 10.8 Å². The van der Waals surface area contributed by atoms with Gasteiger partial charge < -0.3 is 15.7 Å². The number of carbonyl (C=O) groups excluding carboxylic acids is 2. The molecule has 3 N–H and O–H groups in total. The molecule has 1 heterocycles. The van der Waals surface area contributed by atoms with Crippen molar-refractivity contribution in [1.82, 2.24) is 9.80 Å². The van der Waals surface area contributed by atoms with E-state index in [0.29, 0.717) is 31.6 Å². The van der Waals surface area contributed by atoms with Crippen LogP contribution in [0.25, 0.3) is 0 Å². The van der Waals surface area contributed by atoms with Gasteiger partial charge in [-0.2, -0.15) is 0 Å². The molecule has 0 unspecified atom stereocenters. The molecule has 1 aromatic carbocycles. The fourth-order valence-electron chi connectivity index (χ4n) is 2.44. The Balaban J connectivity index is 1.86. The summed E-state index contributed by atoms with van der Waals surface area (Å²) in [5.74, 6) is -0.377. The summed E-state index contributed by atoms with van der Waals surface area (Å²) in [6.07, 6.45) is 0.332. The molecule has 1 aliphatic rings. The highest BCUT2D eigenvalue weighted by molar-refractivity contribution is 5.92. The maximum atomic E-state index is 12.2. The summed E-state index contributed by atoms with van der Waals surface area (Å²) in [5, 5.41) is 8.89. The number of nitrogens with two attached hydrogens (primary N) is 1. The molecule has 1 fully saturated rings. The summed E-state index contributed by atoms with van der Waals surface area (Å²) in [6.45, 7) is 3.80. The number of β-amino-alcohol motifs (C(OH)–C–C–N with tert-alkyl or cyclic N) is 1. The Morgan fingerprint density at radius 2 is 1.71 bits per heavy atom. The SMILES string of the molecule is NC(=O)c1ccc(CC(=O)N2CCN(CCO)CC2)cc1.